The maximum atomic E-state index is 4.29. The van der Waals surface area contributed by atoms with E-state index in [1.807, 2.05) is 30.0 Å². The molecule has 1 N–H and O–H groups in total. The summed E-state index contributed by atoms with van der Waals surface area (Å²) < 4.78 is 0. The first-order valence-electron chi connectivity index (χ1n) is 5.74. The number of thiazole rings is 1. The summed E-state index contributed by atoms with van der Waals surface area (Å²) >= 11 is 1.71. The van der Waals surface area contributed by atoms with Crippen LogP contribution in [0.5, 0.6) is 0 Å². The summed E-state index contributed by atoms with van der Waals surface area (Å²) in [4.78, 5) is 9.63. The quantitative estimate of drug-likeness (QED) is 0.901. The van der Waals surface area contributed by atoms with Crippen LogP contribution >= 0.6 is 11.3 Å². The molecule has 0 amide bonds. The lowest BCUT2D eigenvalue weighted by Gasteiger charge is -2.19. The largest absolute Gasteiger partial charge is 0.303 e. The topological polar surface area (TPSA) is 37.8 Å². The predicted octanol–water partition coefficient (Wildman–Crippen LogP) is 3.26. The predicted molar refractivity (Wildman–Crippen MR) is 71.1 cm³/mol. The molecule has 0 radical (unpaired) electrons. The summed E-state index contributed by atoms with van der Waals surface area (Å²) in [5.41, 5.74) is 4.28. The Bertz CT molecular complexity index is 467. The standard InChI is InChI=1S/C13H17N3S/c1-9(12-4-6-14-7-5-12)16-11(3)13-10(2)15-8-17-13/h4-9,11,16H,1-3H3/t9-,11?/m1/s1. The van der Waals surface area contributed by atoms with Gasteiger partial charge in [0.15, 0.2) is 0 Å². The summed E-state index contributed by atoms with van der Waals surface area (Å²) in [6, 6.07) is 4.73. The molecule has 3 nitrogen and oxygen atoms in total. The van der Waals surface area contributed by atoms with Crippen LogP contribution in [0.4, 0.5) is 0 Å². The van der Waals surface area contributed by atoms with E-state index in [-0.39, 0.29) is 0 Å². The first kappa shape index (κ1) is 12.2. The number of rotatable bonds is 4. The summed E-state index contributed by atoms with van der Waals surface area (Å²) in [6.07, 6.45) is 3.66. The van der Waals surface area contributed by atoms with Crippen molar-refractivity contribution in [1.29, 1.82) is 0 Å². The zero-order valence-corrected chi connectivity index (χ0v) is 11.2. The monoisotopic (exact) mass is 247 g/mol. The second-order valence-corrected chi connectivity index (χ2v) is 5.08. The lowest BCUT2D eigenvalue weighted by atomic mass is 10.1. The van der Waals surface area contributed by atoms with E-state index in [0.29, 0.717) is 12.1 Å². The fourth-order valence-corrected chi connectivity index (χ4v) is 2.75. The normalized spacial score (nSPS) is 14.5. The van der Waals surface area contributed by atoms with Crippen molar-refractivity contribution in [3.05, 3.63) is 46.2 Å². The molecule has 17 heavy (non-hydrogen) atoms. The van der Waals surface area contributed by atoms with Crippen molar-refractivity contribution >= 4 is 11.3 Å². The van der Waals surface area contributed by atoms with Gasteiger partial charge in [0, 0.05) is 29.4 Å². The minimum atomic E-state index is 0.314. The molecule has 0 saturated carbocycles. The molecule has 2 rings (SSSR count). The van der Waals surface area contributed by atoms with Crippen LogP contribution in [-0.4, -0.2) is 9.97 Å². The van der Waals surface area contributed by atoms with E-state index in [1.54, 1.807) is 11.3 Å². The average Bonchev–Trinajstić information content (AvgIpc) is 2.76. The highest BCUT2D eigenvalue weighted by Gasteiger charge is 2.14. The van der Waals surface area contributed by atoms with Crippen molar-refractivity contribution in [2.45, 2.75) is 32.9 Å². The van der Waals surface area contributed by atoms with Gasteiger partial charge in [0.1, 0.15) is 0 Å². The molecule has 2 aromatic rings. The smallest absolute Gasteiger partial charge is 0.0798 e. The van der Waals surface area contributed by atoms with Crippen molar-refractivity contribution in [2.24, 2.45) is 0 Å². The number of aryl methyl sites for hydroxylation is 1. The van der Waals surface area contributed by atoms with Crippen LogP contribution < -0.4 is 5.32 Å². The van der Waals surface area contributed by atoms with Crippen LogP contribution in [0, 0.1) is 6.92 Å². The third-order valence-corrected chi connectivity index (χ3v) is 4.00. The van der Waals surface area contributed by atoms with Gasteiger partial charge in [-0.05, 0) is 38.5 Å². The Morgan fingerprint density at radius 2 is 1.88 bits per heavy atom. The zero-order valence-electron chi connectivity index (χ0n) is 10.3. The van der Waals surface area contributed by atoms with Crippen molar-refractivity contribution in [3.63, 3.8) is 0 Å². The van der Waals surface area contributed by atoms with Gasteiger partial charge in [-0.2, -0.15) is 0 Å². The summed E-state index contributed by atoms with van der Waals surface area (Å²) in [5.74, 6) is 0. The minimum absolute atomic E-state index is 0.314. The second-order valence-electron chi connectivity index (χ2n) is 4.19. The molecule has 4 heteroatoms. The maximum absolute atomic E-state index is 4.29. The van der Waals surface area contributed by atoms with Crippen LogP contribution in [0.1, 0.15) is 42.1 Å². The van der Waals surface area contributed by atoms with Gasteiger partial charge < -0.3 is 5.32 Å². The number of nitrogens with zero attached hydrogens (tertiary/aromatic N) is 2. The lowest BCUT2D eigenvalue weighted by Crippen LogP contribution is -2.22. The van der Waals surface area contributed by atoms with Crippen LogP contribution in [0.15, 0.2) is 30.0 Å². The molecule has 0 saturated heterocycles. The molecule has 2 aromatic heterocycles. The molecule has 0 aliphatic heterocycles. The molecule has 2 heterocycles. The Labute approximate surface area is 106 Å². The Balaban J connectivity index is 2.05. The summed E-state index contributed by atoms with van der Waals surface area (Å²) in [6.45, 7) is 6.40. The molecular formula is C13H17N3S. The highest BCUT2D eigenvalue weighted by atomic mass is 32.1. The Morgan fingerprint density at radius 1 is 1.18 bits per heavy atom. The van der Waals surface area contributed by atoms with Gasteiger partial charge in [0.25, 0.3) is 0 Å². The third kappa shape index (κ3) is 2.90. The van der Waals surface area contributed by atoms with Gasteiger partial charge in [-0.3, -0.25) is 4.98 Å². The van der Waals surface area contributed by atoms with E-state index in [2.05, 4.69) is 36.1 Å². The van der Waals surface area contributed by atoms with Gasteiger partial charge in [-0.15, -0.1) is 11.3 Å². The number of aromatic nitrogens is 2. The van der Waals surface area contributed by atoms with Gasteiger partial charge in [-0.25, -0.2) is 4.98 Å². The van der Waals surface area contributed by atoms with E-state index in [4.69, 9.17) is 0 Å². The zero-order chi connectivity index (χ0) is 12.3. The summed E-state index contributed by atoms with van der Waals surface area (Å²) in [7, 11) is 0. The SMILES string of the molecule is Cc1ncsc1C(C)N[C@H](C)c1ccncc1. The number of hydrogen-bond donors (Lipinski definition) is 1. The molecule has 2 atom stereocenters. The first-order valence-corrected chi connectivity index (χ1v) is 6.62. The Hall–Kier alpha value is -1.26. The van der Waals surface area contributed by atoms with Gasteiger partial charge in [0.2, 0.25) is 0 Å². The highest BCUT2D eigenvalue weighted by Crippen LogP contribution is 2.24. The molecule has 0 aromatic carbocycles. The fraction of sp³-hybridized carbons (Fsp3) is 0.385. The summed E-state index contributed by atoms with van der Waals surface area (Å²) in [5, 5.41) is 3.58. The highest BCUT2D eigenvalue weighted by molar-refractivity contribution is 7.09. The van der Waals surface area contributed by atoms with Crippen molar-refractivity contribution in [3.8, 4) is 0 Å². The molecule has 90 valence electrons. The van der Waals surface area contributed by atoms with Crippen LogP contribution in [0.2, 0.25) is 0 Å². The first-order chi connectivity index (χ1) is 8.18. The minimum Gasteiger partial charge on any atom is -0.303 e. The molecule has 0 bridgehead atoms. The van der Waals surface area contributed by atoms with E-state index >= 15 is 0 Å². The third-order valence-electron chi connectivity index (χ3n) is 2.88. The van der Waals surface area contributed by atoms with Crippen molar-refractivity contribution in [2.75, 3.05) is 0 Å². The van der Waals surface area contributed by atoms with E-state index in [1.165, 1.54) is 10.4 Å². The van der Waals surface area contributed by atoms with Crippen molar-refractivity contribution < 1.29 is 0 Å². The number of pyridine rings is 1. The van der Waals surface area contributed by atoms with Gasteiger partial charge in [0.05, 0.1) is 11.2 Å². The molecule has 0 spiro atoms. The number of hydrogen-bond acceptors (Lipinski definition) is 4. The Morgan fingerprint density at radius 3 is 2.47 bits per heavy atom. The molecular weight excluding hydrogens is 230 g/mol. The fourth-order valence-electron chi connectivity index (χ4n) is 1.93. The molecule has 0 aliphatic rings. The second kappa shape index (κ2) is 5.38. The maximum Gasteiger partial charge on any atom is 0.0798 e. The van der Waals surface area contributed by atoms with Gasteiger partial charge >= 0.3 is 0 Å². The van der Waals surface area contributed by atoms with E-state index in [0.717, 1.165) is 5.69 Å². The van der Waals surface area contributed by atoms with Crippen LogP contribution in [0.25, 0.3) is 0 Å². The molecule has 0 fully saturated rings. The van der Waals surface area contributed by atoms with Crippen LogP contribution in [0.3, 0.4) is 0 Å². The van der Waals surface area contributed by atoms with Crippen LogP contribution in [-0.2, 0) is 0 Å². The van der Waals surface area contributed by atoms with Crippen molar-refractivity contribution in [1.82, 2.24) is 15.3 Å². The van der Waals surface area contributed by atoms with E-state index < -0.39 is 0 Å². The average molecular weight is 247 g/mol. The van der Waals surface area contributed by atoms with Gasteiger partial charge in [-0.1, -0.05) is 0 Å². The molecule has 0 aliphatic carbocycles. The molecule has 1 unspecified atom stereocenters. The number of nitrogens with one attached hydrogen (secondary N) is 1. The Kier molecular flexibility index (Phi) is 3.86. The lowest BCUT2D eigenvalue weighted by molar-refractivity contribution is 0.498. The van der Waals surface area contributed by atoms with E-state index in [9.17, 15) is 0 Å².